The number of nitrogens with two attached hydrogens (primary N) is 1. The highest BCUT2D eigenvalue weighted by atomic mass is 79.9. The van der Waals surface area contributed by atoms with Gasteiger partial charge in [-0.05, 0) is 19.4 Å². The molecule has 0 amide bonds. The zero-order chi connectivity index (χ0) is 11.5. The quantitative estimate of drug-likeness (QED) is 0.942. The van der Waals surface area contributed by atoms with Crippen molar-refractivity contribution in [3.05, 3.63) is 39.8 Å². The van der Waals surface area contributed by atoms with Crippen molar-refractivity contribution in [2.24, 2.45) is 5.73 Å². The van der Waals surface area contributed by atoms with Crippen LogP contribution in [0.1, 0.15) is 11.8 Å². The van der Waals surface area contributed by atoms with E-state index in [1.165, 1.54) is 4.88 Å². The molecule has 0 aliphatic heterocycles. The van der Waals surface area contributed by atoms with E-state index in [4.69, 9.17) is 5.73 Å². The topological polar surface area (TPSA) is 38.9 Å². The van der Waals surface area contributed by atoms with Gasteiger partial charge in [0.15, 0.2) is 0 Å². The first-order chi connectivity index (χ1) is 7.66. The number of hydrogen-bond acceptors (Lipinski definition) is 3. The number of aromatic nitrogens is 1. The maximum Gasteiger partial charge on any atom is 0.124 e. The molecule has 0 saturated carbocycles. The molecule has 0 saturated heterocycles. The Morgan fingerprint density at radius 2 is 2.19 bits per heavy atom. The zero-order valence-electron chi connectivity index (χ0n) is 8.98. The van der Waals surface area contributed by atoms with Gasteiger partial charge in [0.1, 0.15) is 5.01 Å². The highest BCUT2D eigenvalue weighted by Gasteiger charge is 2.08. The summed E-state index contributed by atoms with van der Waals surface area (Å²) in [6, 6.07) is 8.31. The second-order valence-electron chi connectivity index (χ2n) is 3.79. The van der Waals surface area contributed by atoms with Gasteiger partial charge in [0.2, 0.25) is 0 Å². The minimum Gasteiger partial charge on any atom is -0.328 e. The van der Waals surface area contributed by atoms with Crippen molar-refractivity contribution < 1.29 is 0 Å². The van der Waals surface area contributed by atoms with Gasteiger partial charge in [-0.25, -0.2) is 4.98 Å². The summed E-state index contributed by atoms with van der Waals surface area (Å²) >= 11 is 5.24. The Balaban J connectivity index is 2.28. The normalized spacial score (nSPS) is 12.7. The Morgan fingerprint density at radius 1 is 1.44 bits per heavy atom. The molecule has 2 rings (SSSR count). The fraction of sp³-hybridized carbons (Fsp3) is 0.250. The molecule has 0 spiro atoms. The molecule has 0 aliphatic rings. The van der Waals surface area contributed by atoms with E-state index in [0.717, 1.165) is 21.5 Å². The van der Waals surface area contributed by atoms with E-state index in [9.17, 15) is 0 Å². The molecule has 2 aromatic rings. The van der Waals surface area contributed by atoms with Gasteiger partial charge in [0, 0.05) is 27.2 Å². The van der Waals surface area contributed by atoms with Crippen LogP contribution in [0.15, 0.2) is 34.9 Å². The molecule has 1 aromatic heterocycles. The number of rotatable bonds is 3. The predicted octanol–water partition coefficient (Wildman–Crippen LogP) is 3.46. The molecular weight excluding hydrogens is 284 g/mol. The first kappa shape index (κ1) is 11.8. The molecule has 1 unspecified atom stereocenters. The lowest BCUT2D eigenvalue weighted by atomic mass is 10.2. The molecule has 1 atom stereocenters. The number of nitrogens with zero attached hydrogens (tertiary/aromatic N) is 1. The van der Waals surface area contributed by atoms with Crippen LogP contribution in [0.3, 0.4) is 0 Å². The SMILES string of the molecule is CC(N)Cc1cnc(-c2ccccc2Br)s1. The molecule has 16 heavy (non-hydrogen) atoms. The second kappa shape index (κ2) is 5.08. The summed E-state index contributed by atoms with van der Waals surface area (Å²) < 4.78 is 1.08. The van der Waals surface area contributed by atoms with Crippen LogP contribution >= 0.6 is 27.3 Å². The lowest BCUT2D eigenvalue weighted by molar-refractivity contribution is 0.745. The van der Waals surface area contributed by atoms with Gasteiger partial charge in [-0.3, -0.25) is 0 Å². The van der Waals surface area contributed by atoms with E-state index in [1.54, 1.807) is 11.3 Å². The highest BCUT2D eigenvalue weighted by molar-refractivity contribution is 9.10. The monoisotopic (exact) mass is 296 g/mol. The molecular formula is C12H13BrN2S. The Kier molecular flexibility index (Phi) is 3.74. The second-order valence-corrected chi connectivity index (χ2v) is 5.76. The summed E-state index contributed by atoms with van der Waals surface area (Å²) in [4.78, 5) is 5.67. The van der Waals surface area contributed by atoms with Crippen LogP contribution in [0.4, 0.5) is 0 Å². The Labute approximate surface area is 108 Å². The third-order valence-electron chi connectivity index (χ3n) is 2.18. The van der Waals surface area contributed by atoms with Crippen molar-refractivity contribution in [2.75, 3.05) is 0 Å². The van der Waals surface area contributed by atoms with E-state index in [-0.39, 0.29) is 6.04 Å². The van der Waals surface area contributed by atoms with E-state index in [0.29, 0.717) is 0 Å². The molecule has 0 radical (unpaired) electrons. The summed E-state index contributed by atoms with van der Waals surface area (Å²) in [6.45, 7) is 2.01. The van der Waals surface area contributed by atoms with Crippen LogP contribution in [-0.2, 0) is 6.42 Å². The Morgan fingerprint density at radius 3 is 2.88 bits per heavy atom. The van der Waals surface area contributed by atoms with Crippen molar-refractivity contribution in [1.29, 1.82) is 0 Å². The minimum atomic E-state index is 0.188. The molecule has 4 heteroatoms. The fourth-order valence-electron chi connectivity index (χ4n) is 1.48. The van der Waals surface area contributed by atoms with Crippen molar-refractivity contribution >= 4 is 27.3 Å². The van der Waals surface area contributed by atoms with Gasteiger partial charge in [0.25, 0.3) is 0 Å². The third-order valence-corrected chi connectivity index (χ3v) is 3.93. The molecule has 2 nitrogen and oxygen atoms in total. The minimum absolute atomic E-state index is 0.188. The molecule has 1 heterocycles. The molecule has 0 aliphatic carbocycles. The van der Waals surface area contributed by atoms with Crippen molar-refractivity contribution in [1.82, 2.24) is 4.98 Å². The lowest BCUT2D eigenvalue weighted by Crippen LogP contribution is -2.16. The van der Waals surface area contributed by atoms with Gasteiger partial charge >= 0.3 is 0 Å². The van der Waals surface area contributed by atoms with E-state index >= 15 is 0 Å². The Bertz CT molecular complexity index is 479. The number of benzene rings is 1. The fourth-order valence-corrected chi connectivity index (χ4v) is 3.18. The van der Waals surface area contributed by atoms with Crippen LogP contribution in [0.5, 0.6) is 0 Å². The van der Waals surface area contributed by atoms with Gasteiger partial charge in [-0.1, -0.05) is 34.1 Å². The Hall–Kier alpha value is -0.710. The molecule has 84 valence electrons. The van der Waals surface area contributed by atoms with Gasteiger partial charge < -0.3 is 5.73 Å². The average molecular weight is 297 g/mol. The lowest BCUT2D eigenvalue weighted by Gasteiger charge is -2.00. The number of hydrogen-bond donors (Lipinski definition) is 1. The van der Waals surface area contributed by atoms with E-state index in [1.807, 2.05) is 31.3 Å². The largest absolute Gasteiger partial charge is 0.328 e. The van der Waals surface area contributed by atoms with Crippen LogP contribution < -0.4 is 5.73 Å². The summed E-state index contributed by atoms with van der Waals surface area (Å²) in [5.74, 6) is 0. The first-order valence-corrected chi connectivity index (χ1v) is 6.73. The number of halogens is 1. The number of thiazole rings is 1. The van der Waals surface area contributed by atoms with Crippen molar-refractivity contribution in [3.63, 3.8) is 0 Å². The van der Waals surface area contributed by atoms with Crippen LogP contribution in [0, 0.1) is 0 Å². The maximum absolute atomic E-state index is 5.77. The first-order valence-electron chi connectivity index (χ1n) is 5.12. The molecule has 1 aromatic carbocycles. The molecule has 2 N–H and O–H groups in total. The van der Waals surface area contributed by atoms with Crippen LogP contribution in [0.25, 0.3) is 10.6 Å². The maximum atomic E-state index is 5.77. The predicted molar refractivity (Wildman–Crippen MR) is 72.6 cm³/mol. The van der Waals surface area contributed by atoms with Crippen LogP contribution in [0.2, 0.25) is 0 Å². The van der Waals surface area contributed by atoms with Crippen molar-refractivity contribution in [3.8, 4) is 10.6 Å². The average Bonchev–Trinajstić information content (AvgIpc) is 2.66. The smallest absolute Gasteiger partial charge is 0.124 e. The molecule has 0 bridgehead atoms. The summed E-state index contributed by atoms with van der Waals surface area (Å²) in [6.07, 6.45) is 2.81. The van der Waals surface area contributed by atoms with Gasteiger partial charge in [0.05, 0.1) is 0 Å². The summed E-state index contributed by atoms with van der Waals surface area (Å²) in [7, 11) is 0. The highest BCUT2D eigenvalue weighted by Crippen LogP contribution is 2.31. The van der Waals surface area contributed by atoms with Crippen LogP contribution in [-0.4, -0.2) is 11.0 Å². The third kappa shape index (κ3) is 2.70. The van der Waals surface area contributed by atoms with Gasteiger partial charge in [-0.2, -0.15) is 0 Å². The summed E-state index contributed by atoms with van der Waals surface area (Å²) in [5, 5.41) is 1.04. The van der Waals surface area contributed by atoms with Gasteiger partial charge in [-0.15, -0.1) is 11.3 Å². The van der Waals surface area contributed by atoms with E-state index in [2.05, 4.69) is 27.0 Å². The standard InChI is InChI=1S/C12H13BrN2S/c1-8(14)6-9-7-15-12(16-9)10-4-2-3-5-11(10)13/h2-5,7-8H,6,14H2,1H3. The van der Waals surface area contributed by atoms with Crippen molar-refractivity contribution in [2.45, 2.75) is 19.4 Å². The molecule has 0 fully saturated rings. The zero-order valence-corrected chi connectivity index (χ0v) is 11.4. The van der Waals surface area contributed by atoms with E-state index < -0.39 is 0 Å². The summed E-state index contributed by atoms with van der Waals surface area (Å²) in [5.41, 5.74) is 6.91.